The Morgan fingerprint density at radius 3 is 2.53 bits per heavy atom. The maximum absolute atomic E-state index is 11.5. The fourth-order valence-electron chi connectivity index (χ4n) is 1.26. The minimum Gasteiger partial charge on any atom is -0.383 e. The number of hydrogen-bond donors (Lipinski definition) is 1. The number of nitrogens with two attached hydrogens (primary N) is 1. The molecule has 1 amide bonds. The molecule has 5 heteroatoms. The number of carbonyl (C=O) groups is 1. The normalized spacial score (nSPS) is 12.9. The maximum atomic E-state index is 11.5. The van der Waals surface area contributed by atoms with Crippen LogP contribution in [0.25, 0.3) is 0 Å². The van der Waals surface area contributed by atoms with E-state index in [4.69, 9.17) is 10.5 Å². The van der Waals surface area contributed by atoms with Gasteiger partial charge in [-0.3, -0.25) is 9.69 Å². The van der Waals surface area contributed by atoms with Crippen LogP contribution in [0.1, 0.15) is 6.92 Å². The third-order valence-electron chi connectivity index (χ3n) is 2.23. The number of methoxy groups -OCH3 is 1. The highest BCUT2D eigenvalue weighted by atomic mass is 16.5. The van der Waals surface area contributed by atoms with E-state index in [-0.39, 0.29) is 11.9 Å². The van der Waals surface area contributed by atoms with E-state index in [1.807, 2.05) is 18.9 Å². The summed E-state index contributed by atoms with van der Waals surface area (Å²) in [6.45, 7) is 4.27. The Kier molecular flexibility index (Phi) is 7.29. The second-order valence-corrected chi connectivity index (χ2v) is 3.82. The molecule has 0 saturated heterocycles. The zero-order valence-electron chi connectivity index (χ0n) is 10.2. The van der Waals surface area contributed by atoms with Crippen molar-refractivity contribution in [2.75, 3.05) is 47.4 Å². The van der Waals surface area contributed by atoms with Gasteiger partial charge in [-0.15, -0.1) is 0 Å². The first-order valence-electron chi connectivity index (χ1n) is 5.18. The molecule has 90 valence electrons. The smallest absolute Gasteiger partial charge is 0.236 e. The molecule has 0 aromatic rings. The Morgan fingerprint density at radius 2 is 2.07 bits per heavy atom. The molecule has 0 fully saturated rings. The number of amides is 1. The Bertz CT molecular complexity index is 188. The maximum Gasteiger partial charge on any atom is 0.236 e. The van der Waals surface area contributed by atoms with Crippen molar-refractivity contribution in [1.29, 1.82) is 0 Å². The number of nitrogens with zero attached hydrogens (tertiary/aromatic N) is 2. The summed E-state index contributed by atoms with van der Waals surface area (Å²) < 4.78 is 4.93. The van der Waals surface area contributed by atoms with E-state index in [0.29, 0.717) is 19.7 Å². The Hall–Kier alpha value is -0.650. The van der Waals surface area contributed by atoms with Gasteiger partial charge in [0.1, 0.15) is 0 Å². The second-order valence-electron chi connectivity index (χ2n) is 3.82. The summed E-state index contributed by atoms with van der Waals surface area (Å²) >= 11 is 0. The first kappa shape index (κ1) is 14.3. The molecule has 0 spiro atoms. The van der Waals surface area contributed by atoms with Crippen LogP contribution in [0.4, 0.5) is 0 Å². The molecule has 0 aliphatic heterocycles. The van der Waals surface area contributed by atoms with E-state index in [1.54, 1.807) is 19.1 Å². The first-order valence-corrected chi connectivity index (χ1v) is 5.18. The van der Waals surface area contributed by atoms with E-state index >= 15 is 0 Å². The van der Waals surface area contributed by atoms with Gasteiger partial charge < -0.3 is 15.4 Å². The lowest BCUT2D eigenvalue weighted by Crippen LogP contribution is -2.43. The van der Waals surface area contributed by atoms with Crippen LogP contribution < -0.4 is 5.73 Å². The fourth-order valence-corrected chi connectivity index (χ4v) is 1.26. The van der Waals surface area contributed by atoms with E-state index in [0.717, 1.165) is 6.54 Å². The third kappa shape index (κ3) is 6.43. The van der Waals surface area contributed by atoms with Crippen molar-refractivity contribution in [1.82, 2.24) is 9.80 Å². The molecule has 0 aromatic carbocycles. The summed E-state index contributed by atoms with van der Waals surface area (Å²) in [6, 6.07) is -0.0419. The van der Waals surface area contributed by atoms with Crippen molar-refractivity contribution in [2.45, 2.75) is 13.0 Å². The molecule has 0 rings (SSSR count). The topological polar surface area (TPSA) is 58.8 Å². The van der Waals surface area contributed by atoms with E-state index < -0.39 is 0 Å². The fraction of sp³-hybridized carbons (Fsp3) is 0.900. The summed E-state index contributed by atoms with van der Waals surface area (Å²) in [7, 11) is 5.30. The zero-order chi connectivity index (χ0) is 11.8. The van der Waals surface area contributed by atoms with Crippen molar-refractivity contribution in [2.24, 2.45) is 5.73 Å². The summed E-state index contributed by atoms with van der Waals surface area (Å²) in [5.41, 5.74) is 5.78. The number of likely N-dealkylation sites (N-methyl/N-ethyl adjacent to an activating group) is 2. The van der Waals surface area contributed by atoms with Gasteiger partial charge in [0.15, 0.2) is 0 Å². The molecule has 0 aliphatic rings. The van der Waals surface area contributed by atoms with Gasteiger partial charge in [0, 0.05) is 33.3 Å². The van der Waals surface area contributed by atoms with Crippen molar-refractivity contribution in [3.8, 4) is 0 Å². The van der Waals surface area contributed by atoms with Gasteiger partial charge in [-0.2, -0.15) is 0 Å². The highest BCUT2D eigenvalue weighted by molar-refractivity contribution is 5.77. The molecular formula is C10H23N3O2. The lowest BCUT2D eigenvalue weighted by molar-refractivity contribution is -0.130. The average molecular weight is 217 g/mol. The molecule has 0 aliphatic carbocycles. The van der Waals surface area contributed by atoms with Crippen LogP contribution >= 0.6 is 0 Å². The van der Waals surface area contributed by atoms with Gasteiger partial charge in [0.05, 0.1) is 13.2 Å². The summed E-state index contributed by atoms with van der Waals surface area (Å²) in [5.74, 6) is 0.115. The summed E-state index contributed by atoms with van der Waals surface area (Å²) in [4.78, 5) is 15.1. The largest absolute Gasteiger partial charge is 0.383 e. The molecule has 0 saturated carbocycles. The van der Waals surface area contributed by atoms with Crippen LogP contribution in [0, 0.1) is 0 Å². The minimum absolute atomic E-state index is 0.0419. The Morgan fingerprint density at radius 1 is 1.47 bits per heavy atom. The van der Waals surface area contributed by atoms with Gasteiger partial charge in [0.25, 0.3) is 0 Å². The lowest BCUT2D eigenvalue weighted by Gasteiger charge is -2.23. The van der Waals surface area contributed by atoms with Gasteiger partial charge >= 0.3 is 0 Å². The molecular weight excluding hydrogens is 194 g/mol. The number of ether oxygens (including phenoxy) is 1. The monoisotopic (exact) mass is 217 g/mol. The predicted octanol–water partition coefficient (Wildman–Crippen LogP) is -0.630. The van der Waals surface area contributed by atoms with Gasteiger partial charge in [-0.25, -0.2) is 0 Å². The number of carbonyl (C=O) groups excluding carboxylic acids is 1. The summed E-state index contributed by atoms with van der Waals surface area (Å²) in [6.07, 6.45) is 0. The van der Waals surface area contributed by atoms with Crippen LogP contribution in [-0.2, 0) is 9.53 Å². The predicted molar refractivity (Wildman–Crippen MR) is 60.7 cm³/mol. The van der Waals surface area contributed by atoms with Gasteiger partial charge in [-0.1, -0.05) is 0 Å². The van der Waals surface area contributed by atoms with E-state index in [9.17, 15) is 4.79 Å². The number of hydrogen-bond acceptors (Lipinski definition) is 4. The molecule has 1 atom stereocenters. The van der Waals surface area contributed by atoms with Crippen LogP contribution in [0.5, 0.6) is 0 Å². The Balaban J connectivity index is 3.82. The first-order chi connectivity index (χ1) is 7.01. The zero-order valence-corrected chi connectivity index (χ0v) is 10.2. The molecule has 5 nitrogen and oxygen atoms in total. The third-order valence-corrected chi connectivity index (χ3v) is 2.23. The molecule has 0 bridgehead atoms. The second kappa shape index (κ2) is 7.62. The number of rotatable bonds is 7. The van der Waals surface area contributed by atoms with Crippen LogP contribution in [0.2, 0.25) is 0 Å². The van der Waals surface area contributed by atoms with Crippen LogP contribution in [-0.4, -0.2) is 69.2 Å². The van der Waals surface area contributed by atoms with Crippen molar-refractivity contribution in [3.63, 3.8) is 0 Å². The molecule has 0 radical (unpaired) electrons. The van der Waals surface area contributed by atoms with Crippen molar-refractivity contribution >= 4 is 5.91 Å². The molecule has 15 heavy (non-hydrogen) atoms. The van der Waals surface area contributed by atoms with E-state index in [1.165, 1.54) is 0 Å². The standard InChI is InChI=1S/C10H23N3O2/c1-5-13(3)10(14)7-12(2)6-9(11)8-15-4/h9H,5-8,11H2,1-4H3. The van der Waals surface area contributed by atoms with E-state index in [2.05, 4.69) is 0 Å². The molecule has 1 unspecified atom stereocenters. The summed E-state index contributed by atoms with van der Waals surface area (Å²) in [5, 5.41) is 0. The average Bonchev–Trinajstić information content (AvgIpc) is 2.16. The van der Waals surface area contributed by atoms with Gasteiger partial charge in [0.2, 0.25) is 5.91 Å². The molecule has 0 heterocycles. The lowest BCUT2D eigenvalue weighted by atomic mass is 10.3. The highest BCUT2D eigenvalue weighted by Crippen LogP contribution is 1.91. The minimum atomic E-state index is -0.0419. The molecule has 0 aromatic heterocycles. The molecule has 2 N–H and O–H groups in total. The van der Waals surface area contributed by atoms with Crippen LogP contribution in [0.15, 0.2) is 0 Å². The Labute approximate surface area is 92.2 Å². The highest BCUT2D eigenvalue weighted by Gasteiger charge is 2.12. The van der Waals surface area contributed by atoms with Gasteiger partial charge in [-0.05, 0) is 14.0 Å². The van der Waals surface area contributed by atoms with Crippen molar-refractivity contribution < 1.29 is 9.53 Å². The van der Waals surface area contributed by atoms with Crippen LogP contribution in [0.3, 0.4) is 0 Å². The quantitative estimate of drug-likeness (QED) is 0.617. The SMILES string of the molecule is CCN(C)C(=O)CN(C)CC(N)COC. The van der Waals surface area contributed by atoms with Crippen molar-refractivity contribution in [3.05, 3.63) is 0 Å².